The highest BCUT2D eigenvalue weighted by atomic mass is 32.2. The third-order valence-corrected chi connectivity index (χ3v) is 5.86. The first-order valence-electron chi connectivity index (χ1n) is 7.04. The zero-order valence-corrected chi connectivity index (χ0v) is 12.9. The fourth-order valence-electron chi connectivity index (χ4n) is 2.98. The molecule has 1 aromatic carbocycles. The molecule has 1 heterocycles. The van der Waals surface area contributed by atoms with Gasteiger partial charge in [0.2, 0.25) is 0 Å². The lowest BCUT2D eigenvalue weighted by Gasteiger charge is -2.37. The summed E-state index contributed by atoms with van der Waals surface area (Å²) in [6, 6.07) is 6.56. The highest BCUT2D eigenvalue weighted by molar-refractivity contribution is 7.87. The smallest absolute Gasteiger partial charge is 0.311 e. The average Bonchev–Trinajstić information content (AvgIpc) is 2.76. The van der Waals surface area contributed by atoms with E-state index in [9.17, 15) is 18.3 Å². The molecule has 1 aliphatic heterocycles. The predicted molar refractivity (Wildman–Crippen MR) is 78.6 cm³/mol. The molecule has 0 amide bonds. The number of benzene rings is 1. The van der Waals surface area contributed by atoms with Gasteiger partial charge in [-0.3, -0.25) is 4.79 Å². The maximum Gasteiger partial charge on any atom is 0.311 e. The quantitative estimate of drug-likeness (QED) is 0.820. The van der Waals surface area contributed by atoms with Crippen LogP contribution in [-0.4, -0.2) is 50.1 Å². The molecule has 0 radical (unpaired) electrons. The molecular weight excluding hydrogens is 308 g/mol. The second kappa shape index (κ2) is 5.62. The summed E-state index contributed by atoms with van der Waals surface area (Å²) in [5, 5.41) is 9.31. The highest BCUT2D eigenvalue weighted by Gasteiger charge is 2.41. The molecule has 1 saturated heterocycles. The van der Waals surface area contributed by atoms with E-state index in [1.807, 2.05) is 0 Å². The van der Waals surface area contributed by atoms with Crippen LogP contribution < -0.4 is 4.72 Å². The summed E-state index contributed by atoms with van der Waals surface area (Å²) in [4.78, 5) is 11.4. The molecule has 120 valence electrons. The van der Waals surface area contributed by atoms with Crippen LogP contribution in [0.3, 0.4) is 0 Å². The van der Waals surface area contributed by atoms with Gasteiger partial charge >= 0.3 is 5.97 Å². The van der Waals surface area contributed by atoms with Crippen LogP contribution >= 0.6 is 0 Å². The number of carboxylic acid groups (broad SMARTS) is 1. The Morgan fingerprint density at radius 2 is 1.95 bits per heavy atom. The Hall–Kier alpha value is -1.48. The van der Waals surface area contributed by atoms with Crippen LogP contribution in [0.1, 0.15) is 29.5 Å². The van der Waals surface area contributed by atoms with Crippen LogP contribution in [0.5, 0.6) is 0 Å². The minimum atomic E-state index is -3.63. The minimum absolute atomic E-state index is 0.0702. The fraction of sp³-hybridized carbons (Fsp3) is 0.500. The Morgan fingerprint density at radius 1 is 1.32 bits per heavy atom. The van der Waals surface area contributed by atoms with Crippen LogP contribution in [-0.2, 0) is 19.7 Å². The van der Waals surface area contributed by atoms with E-state index in [-0.39, 0.29) is 12.5 Å². The Morgan fingerprint density at radius 3 is 2.55 bits per heavy atom. The number of carboxylic acids is 1. The monoisotopic (exact) mass is 326 g/mol. The van der Waals surface area contributed by atoms with Crippen molar-refractivity contribution in [3.63, 3.8) is 0 Å². The lowest BCUT2D eigenvalue weighted by molar-refractivity contribution is -0.138. The van der Waals surface area contributed by atoms with Crippen LogP contribution in [0.25, 0.3) is 0 Å². The maximum atomic E-state index is 12.3. The number of hydrogen-bond donors (Lipinski definition) is 2. The number of nitrogens with one attached hydrogen (secondary N) is 1. The Balaban J connectivity index is 1.78. The van der Waals surface area contributed by atoms with Gasteiger partial charge in [0.05, 0.1) is 12.0 Å². The summed E-state index contributed by atoms with van der Waals surface area (Å²) in [6.07, 6.45) is 0.161. The van der Waals surface area contributed by atoms with Gasteiger partial charge in [-0.15, -0.1) is 0 Å². The summed E-state index contributed by atoms with van der Waals surface area (Å²) in [5.41, 5.74) is 1.42. The second-order valence-electron chi connectivity index (χ2n) is 5.61. The molecule has 8 heteroatoms. The van der Waals surface area contributed by atoms with Gasteiger partial charge in [0, 0.05) is 26.2 Å². The standard InChI is InChI=1S/C14H18N2O5S/c1-21-9-7-16(8-9)22(19,20)15-13-6-12(14(17)18)10-4-2-3-5-11(10)13/h2-5,9,12-13,15H,6-8H2,1H3,(H,17,18). The van der Waals surface area contributed by atoms with E-state index in [0.29, 0.717) is 18.7 Å². The molecule has 0 aromatic heterocycles. The Bertz CT molecular complexity index is 684. The maximum absolute atomic E-state index is 12.3. The van der Waals surface area contributed by atoms with Gasteiger partial charge in [-0.1, -0.05) is 24.3 Å². The highest BCUT2D eigenvalue weighted by Crippen LogP contribution is 2.40. The van der Waals surface area contributed by atoms with Crippen molar-refractivity contribution in [1.82, 2.24) is 9.03 Å². The van der Waals surface area contributed by atoms with Gasteiger partial charge in [-0.25, -0.2) is 0 Å². The zero-order chi connectivity index (χ0) is 15.9. The van der Waals surface area contributed by atoms with Gasteiger partial charge in [0.25, 0.3) is 10.2 Å². The molecule has 1 fully saturated rings. The first kappa shape index (κ1) is 15.4. The summed E-state index contributed by atoms with van der Waals surface area (Å²) in [5.74, 6) is -1.61. The number of rotatable bonds is 5. The molecule has 0 spiro atoms. The second-order valence-corrected chi connectivity index (χ2v) is 7.31. The Labute approximate surface area is 129 Å². The van der Waals surface area contributed by atoms with Crippen LogP contribution in [0.2, 0.25) is 0 Å². The van der Waals surface area contributed by atoms with Gasteiger partial charge in [0.1, 0.15) is 0 Å². The van der Waals surface area contributed by atoms with Gasteiger partial charge in [-0.2, -0.15) is 17.4 Å². The summed E-state index contributed by atoms with van der Waals surface area (Å²) < 4.78 is 33.7. The average molecular weight is 326 g/mol. The van der Waals surface area contributed by atoms with E-state index >= 15 is 0 Å². The number of nitrogens with zero attached hydrogens (tertiary/aromatic N) is 1. The van der Waals surface area contributed by atoms with Crippen molar-refractivity contribution >= 4 is 16.2 Å². The molecule has 2 unspecified atom stereocenters. The van der Waals surface area contributed by atoms with E-state index in [2.05, 4.69) is 4.72 Å². The van der Waals surface area contributed by atoms with E-state index in [0.717, 1.165) is 5.56 Å². The topological polar surface area (TPSA) is 95.9 Å². The lowest BCUT2D eigenvalue weighted by Crippen LogP contribution is -2.57. The first-order valence-corrected chi connectivity index (χ1v) is 8.48. The minimum Gasteiger partial charge on any atom is -0.481 e. The summed E-state index contributed by atoms with van der Waals surface area (Å²) >= 11 is 0. The number of aliphatic carboxylic acids is 1. The van der Waals surface area contributed by atoms with Crippen molar-refractivity contribution in [3.8, 4) is 0 Å². The first-order chi connectivity index (χ1) is 10.4. The van der Waals surface area contributed by atoms with E-state index in [4.69, 9.17) is 4.74 Å². The largest absolute Gasteiger partial charge is 0.481 e. The van der Waals surface area contributed by atoms with Gasteiger partial charge < -0.3 is 9.84 Å². The third-order valence-electron chi connectivity index (χ3n) is 4.30. The number of carbonyl (C=O) groups is 1. The molecule has 3 rings (SSSR count). The lowest BCUT2D eigenvalue weighted by atomic mass is 10.0. The molecule has 0 bridgehead atoms. The van der Waals surface area contributed by atoms with Gasteiger partial charge in [-0.05, 0) is 17.5 Å². The molecule has 2 atom stereocenters. The van der Waals surface area contributed by atoms with Crippen molar-refractivity contribution in [3.05, 3.63) is 35.4 Å². The van der Waals surface area contributed by atoms with E-state index in [1.165, 1.54) is 4.31 Å². The molecule has 7 nitrogen and oxygen atoms in total. The molecule has 22 heavy (non-hydrogen) atoms. The molecule has 2 N–H and O–H groups in total. The molecule has 0 saturated carbocycles. The third kappa shape index (κ3) is 2.63. The Kier molecular flexibility index (Phi) is 3.94. The molecule has 2 aliphatic rings. The molecule has 1 aromatic rings. The van der Waals surface area contributed by atoms with Crippen molar-refractivity contribution in [2.24, 2.45) is 0 Å². The van der Waals surface area contributed by atoms with Gasteiger partial charge in [0.15, 0.2) is 0 Å². The van der Waals surface area contributed by atoms with Crippen molar-refractivity contribution in [1.29, 1.82) is 0 Å². The SMILES string of the molecule is COC1CN(S(=O)(=O)NC2CC(C(=O)O)c3ccccc32)C1. The fourth-order valence-corrected chi connectivity index (χ4v) is 4.44. The zero-order valence-electron chi connectivity index (χ0n) is 12.1. The molecular formula is C14H18N2O5S. The van der Waals surface area contributed by atoms with Crippen LogP contribution in [0, 0.1) is 0 Å². The van der Waals surface area contributed by atoms with E-state index in [1.54, 1.807) is 31.4 Å². The van der Waals surface area contributed by atoms with Crippen LogP contribution in [0.4, 0.5) is 0 Å². The summed E-state index contributed by atoms with van der Waals surface area (Å²) in [7, 11) is -2.08. The molecule has 1 aliphatic carbocycles. The number of hydrogen-bond acceptors (Lipinski definition) is 4. The normalized spacial score (nSPS) is 25.7. The van der Waals surface area contributed by atoms with Crippen LogP contribution in [0.15, 0.2) is 24.3 Å². The van der Waals surface area contributed by atoms with Crippen molar-refractivity contribution in [2.45, 2.75) is 24.5 Å². The van der Waals surface area contributed by atoms with Crippen molar-refractivity contribution < 1.29 is 23.1 Å². The number of ether oxygens (including phenoxy) is 1. The number of methoxy groups -OCH3 is 1. The summed E-state index contributed by atoms with van der Waals surface area (Å²) in [6.45, 7) is 0.644. The van der Waals surface area contributed by atoms with E-state index < -0.39 is 28.1 Å². The van der Waals surface area contributed by atoms with Crippen molar-refractivity contribution in [2.75, 3.05) is 20.2 Å². The number of fused-ring (bicyclic) bond motifs is 1. The predicted octanol–water partition coefficient (Wildman–Crippen LogP) is 0.465.